The molecule has 57 heavy (non-hydrogen) atoms. The quantitative estimate of drug-likeness (QED) is 0.115. The largest absolute Gasteiger partial charge is 0.309 e. The first-order valence-electron chi connectivity index (χ1n) is 19.0. The summed E-state index contributed by atoms with van der Waals surface area (Å²) in [4.78, 5) is 19.0. The van der Waals surface area contributed by atoms with Gasteiger partial charge in [-0.15, -0.1) is 0 Å². The number of pyridine rings is 3. The maximum absolute atomic E-state index is 5.17. The summed E-state index contributed by atoms with van der Waals surface area (Å²) in [5, 5.41) is 4.71. The van der Waals surface area contributed by atoms with Gasteiger partial charge in [0.05, 0.1) is 39.3 Å². The van der Waals surface area contributed by atoms with Crippen LogP contribution in [0.25, 0.3) is 94.5 Å². The van der Waals surface area contributed by atoms with Crippen molar-refractivity contribution in [1.82, 2.24) is 24.1 Å². The zero-order valence-corrected chi connectivity index (χ0v) is 31.3. The Bertz CT molecular complexity index is 3190. The average Bonchev–Trinajstić information content (AvgIpc) is 3.79. The fourth-order valence-electron chi connectivity index (χ4n) is 7.95. The van der Waals surface area contributed by atoms with Gasteiger partial charge in [-0.05, 0) is 115 Å². The second-order valence-corrected chi connectivity index (χ2v) is 14.0. The Hall–Kier alpha value is -7.70. The highest BCUT2D eigenvalue weighted by atomic mass is 15.0. The highest BCUT2D eigenvalue weighted by Crippen LogP contribution is 2.38. The number of hydrogen-bond donors (Lipinski definition) is 0. The smallest absolute Gasteiger partial charge is 0.145 e. The maximum Gasteiger partial charge on any atom is 0.145 e. The monoisotopic (exact) mass is 732 g/mol. The molecule has 0 unspecified atom stereocenters. The van der Waals surface area contributed by atoms with Gasteiger partial charge in [-0.1, -0.05) is 91.0 Å². The second kappa shape index (κ2) is 14.2. The molecule has 0 atom stereocenters. The normalized spacial score (nSPS) is 12.1. The number of aromatic nitrogens is 5. The van der Waals surface area contributed by atoms with E-state index in [9.17, 15) is 0 Å². The standard InChI is InChI=1S/C51H36N6/c1-3-4-18-44(52-2)46-31-36(32-47(55-46)45-19-12-13-28-53-45)34-22-25-39(26-23-34)57-49-21-11-9-17-41(49)43-30-37(33-54-51(43)57)35-24-27-50-42(29-35)40-16-8-10-20-48(40)56(50)38-14-6-5-7-15-38/h3-33H,2H2,1H3/b4-3-,44-18-. The van der Waals surface area contributed by atoms with E-state index in [-0.39, 0.29) is 0 Å². The van der Waals surface area contributed by atoms with Crippen molar-refractivity contribution >= 4 is 56.2 Å². The number of aliphatic imine (C=N–C) groups is 1. The zero-order chi connectivity index (χ0) is 38.3. The van der Waals surface area contributed by atoms with Gasteiger partial charge in [-0.2, -0.15) is 0 Å². The topological polar surface area (TPSA) is 60.9 Å². The third kappa shape index (κ3) is 5.92. The molecule has 0 saturated carbocycles. The van der Waals surface area contributed by atoms with Gasteiger partial charge in [0.15, 0.2) is 0 Å². The lowest BCUT2D eigenvalue weighted by Crippen LogP contribution is -1.97. The Morgan fingerprint density at radius 2 is 1.21 bits per heavy atom. The van der Waals surface area contributed by atoms with E-state index < -0.39 is 0 Å². The summed E-state index contributed by atoms with van der Waals surface area (Å²) in [6.45, 7) is 5.80. The molecule has 6 nitrogen and oxygen atoms in total. The van der Waals surface area contributed by atoms with Crippen LogP contribution >= 0.6 is 0 Å². The number of allylic oxidation sites excluding steroid dienone is 3. The van der Waals surface area contributed by atoms with Crippen LogP contribution in [0.3, 0.4) is 0 Å². The SMILES string of the molecule is C=N/C(=C\C=C/C)c1cc(-c2ccc(-n3c4ccccc4c4cc(-c5ccc6c(c5)c5ccccc5n6-c5ccccc5)cnc43)cc2)cc(-c2ccccn2)n1. The first-order valence-corrected chi connectivity index (χ1v) is 19.0. The van der Waals surface area contributed by atoms with Gasteiger partial charge in [-0.25, -0.2) is 9.97 Å². The van der Waals surface area contributed by atoms with E-state index in [1.165, 1.54) is 21.8 Å². The van der Waals surface area contributed by atoms with E-state index in [0.717, 1.165) is 72.6 Å². The van der Waals surface area contributed by atoms with Gasteiger partial charge in [0.2, 0.25) is 0 Å². The van der Waals surface area contributed by atoms with Crippen LogP contribution in [0.1, 0.15) is 12.6 Å². The third-order valence-corrected chi connectivity index (χ3v) is 10.6. The van der Waals surface area contributed by atoms with Crippen LogP contribution < -0.4 is 0 Å². The Kier molecular flexibility index (Phi) is 8.42. The lowest BCUT2D eigenvalue weighted by atomic mass is 10.0. The van der Waals surface area contributed by atoms with E-state index >= 15 is 0 Å². The van der Waals surface area contributed by atoms with Crippen LogP contribution in [-0.4, -0.2) is 30.8 Å². The molecule has 0 fully saturated rings. The van der Waals surface area contributed by atoms with Gasteiger partial charge in [0.25, 0.3) is 0 Å². The fraction of sp³-hybridized carbons (Fsp3) is 0.0196. The average molecular weight is 733 g/mol. The van der Waals surface area contributed by atoms with E-state index in [0.29, 0.717) is 5.70 Å². The molecule has 5 aromatic heterocycles. The molecule has 5 aromatic carbocycles. The maximum atomic E-state index is 5.17. The zero-order valence-electron chi connectivity index (χ0n) is 31.3. The van der Waals surface area contributed by atoms with Crippen molar-refractivity contribution in [2.24, 2.45) is 4.99 Å². The Labute approximate surface area is 330 Å². The van der Waals surface area contributed by atoms with Crippen LogP contribution in [0.2, 0.25) is 0 Å². The molecule has 0 saturated heterocycles. The molecule has 0 radical (unpaired) electrons. The number of para-hydroxylation sites is 3. The van der Waals surface area contributed by atoms with Gasteiger partial charge in [0.1, 0.15) is 5.65 Å². The van der Waals surface area contributed by atoms with Gasteiger partial charge in [-0.3, -0.25) is 14.5 Å². The molecule has 6 heteroatoms. The number of benzene rings is 5. The van der Waals surface area contributed by atoms with Crippen LogP contribution in [0.4, 0.5) is 0 Å². The highest BCUT2D eigenvalue weighted by molar-refractivity contribution is 6.12. The summed E-state index contributed by atoms with van der Waals surface area (Å²) in [5.41, 5.74) is 13.8. The second-order valence-electron chi connectivity index (χ2n) is 14.0. The predicted octanol–water partition coefficient (Wildman–Crippen LogP) is 12.7. The van der Waals surface area contributed by atoms with Crippen LogP contribution in [0.5, 0.6) is 0 Å². The van der Waals surface area contributed by atoms with Gasteiger partial charge < -0.3 is 4.57 Å². The molecule has 10 rings (SSSR count). The number of hydrogen-bond acceptors (Lipinski definition) is 4. The van der Waals surface area contributed by atoms with Crippen LogP contribution in [0, 0.1) is 0 Å². The summed E-state index contributed by atoms with van der Waals surface area (Å²) >= 11 is 0. The van der Waals surface area contributed by atoms with E-state index in [1.54, 1.807) is 6.20 Å². The number of nitrogens with zero attached hydrogens (tertiary/aromatic N) is 6. The Morgan fingerprint density at radius 1 is 0.544 bits per heavy atom. The molecular weight excluding hydrogens is 697 g/mol. The van der Waals surface area contributed by atoms with E-state index in [4.69, 9.17) is 9.97 Å². The molecule has 0 spiro atoms. The summed E-state index contributed by atoms with van der Waals surface area (Å²) in [6.07, 6.45) is 9.62. The van der Waals surface area contributed by atoms with Crippen molar-refractivity contribution in [3.05, 3.63) is 194 Å². The molecule has 10 aromatic rings. The minimum absolute atomic E-state index is 0.693. The van der Waals surface area contributed by atoms with Crippen molar-refractivity contribution in [2.75, 3.05) is 0 Å². The van der Waals surface area contributed by atoms with Crippen molar-refractivity contribution in [3.8, 4) is 45.0 Å². The number of rotatable bonds is 8. The van der Waals surface area contributed by atoms with E-state index in [2.05, 4.69) is 165 Å². The Morgan fingerprint density at radius 3 is 1.96 bits per heavy atom. The minimum Gasteiger partial charge on any atom is -0.309 e. The summed E-state index contributed by atoms with van der Waals surface area (Å²) < 4.78 is 4.60. The summed E-state index contributed by atoms with van der Waals surface area (Å²) in [6, 6.07) is 55.5. The Balaban J connectivity index is 1.07. The van der Waals surface area contributed by atoms with Crippen LogP contribution in [-0.2, 0) is 0 Å². The van der Waals surface area contributed by atoms with Crippen molar-refractivity contribution in [3.63, 3.8) is 0 Å². The molecule has 0 N–H and O–H groups in total. The highest BCUT2D eigenvalue weighted by Gasteiger charge is 2.17. The van der Waals surface area contributed by atoms with Crippen molar-refractivity contribution in [2.45, 2.75) is 6.92 Å². The minimum atomic E-state index is 0.693. The summed E-state index contributed by atoms with van der Waals surface area (Å²) in [7, 11) is 0. The molecule has 0 bridgehead atoms. The van der Waals surface area contributed by atoms with Crippen LogP contribution in [0.15, 0.2) is 193 Å². The number of fused-ring (bicyclic) bond motifs is 6. The molecule has 0 aliphatic rings. The lowest BCUT2D eigenvalue weighted by Gasteiger charge is -2.12. The van der Waals surface area contributed by atoms with Gasteiger partial charge in [0, 0.05) is 50.9 Å². The van der Waals surface area contributed by atoms with Crippen molar-refractivity contribution < 1.29 is 0 Å². The van der Waals surface area contributed by atoms with E-state index in [1.807, 2.05) is 49.5 Å². The molecule has 270 valence electrons. The lowest BCUT2D eigenvalue weighted by molar-refractivity contribution is 1.14. The summed E-state index contributed by atoms with van der Waals surface area (Å²) in [5.74, 6) is 0. The predicted molar refractivity (Wildman–Crippen MR) is 237 cm³/mol. The molecule has 5 heterocycles. The fourth-order valence-corrected chi connectivity index (χ4v) is 7.95. The molecule has 0 amide bonds. The molecule has 0 aliphatic carbocycles. The molecular formula is C51H36N6. The van der Waals surface area contributed by atoms with Gasteiger partial charge >= 0.3 is 0 Å². The molecule has 0 aliphatic heterocycles. The third-order valence-electron chi connectivity index (χ3n) is 10.6. The first kappa shape index (κ1) is 33.8. The van der Waals surface area contributed by atoms with Crippen molar-refractivity contribution in [1.29, 1.82) is 0 Å². The first-order chi connectivity index (χ1) is 28.2.